The Balaban J connectivity index is 1.88. The molecule has 24 heavy (non-hydrogen) atoms. The molecule has 0 fully saturated rings. The molecule has 0 atom stereocenters. The number of fused-ring (bicyclic) bond motifs is 1. The summed E-state index contributed by atoms with van der Waals surface area (Å²) >= 11 is 0. The third-order valence-corrected chi connectivity index (χ3v) is 5.31. The Hall–Kier alpha value is -2.57. The SMILES string of the molecule is CON(/C=C/c1ccc2[nH]ccc2c1)S(=O)(=O)c1ccc(C)cc1. The van der Waals surface area contributed by atoms with Crippen LogP contribution < -0.4 is 0 Å². The molecular formula is C18H18N2O3S. The zero-order valence-electron chi connectivity index (χ0n) is 13.4. The lowest BCUT2D eigenvalue weighted by Gasteiger charge is -2.17. The van der Waals surface area contributed by atoms with Crippen LogP contribution in [0.2, 0.25) is 0 Å². The lowest BCUT2D eigenvalue weighted by Crippen LogP contribution is -2.24. The molecule has 0 saturated heterocycles. The van der Waals surface area contributed by atoms with Crippen LogP contribution >= 0.6 is 0 Å². The molecule has 1 heterocycles. The number of aromatic amines is 1. The highest BCUT2D eigenvalue weighted by Gasteiger charge is 2.21. The number of aromatic nitrogens is 1. The number of benzene rings is 2. The summed E-state index contributed by atoms with van der Waals surface area (Å²) < 4.78 is 26.1. The average Bonchev–Trinajstić information content (AvgIpc) is 3.03. The van der Waals surface area contributed by atoms with Gasteiger partial charge in [0.25, 0.3) is 10.0 Å². The summed E-state index contributed by atoms with van der Waals surface area (Å²) in [6, 6.07) is 14.4. The van der Waals surface area contributed by atoms with Crippen molar-refractivity contribution in [2.45, 2.75) is 11.8 Å². The first-order valence-corrected chi connectivity index (χ1v) is 8.85. The van der Waals surface area contributed by atoms with E-state index in [9.17, 15) is 8.42 Å². The first-order chi connectivity index (χ1) is 11.5. The van der Waals surface area contributed by atoms with Crippen LogP contribution in [0.15, 0.2) is 65.8 Å². The van der Waals surface area contributed by atoms with Crippen LogP contribution in [-0.2, 0) is 14.9 Å². The molecule has 0 amide bonds. The molecule has 2 aromatic carbocycles. The van der Waals surface area contributed by atoms with E-state index in [1.165, 1.54) is 13.3 Å². The highest BCUT2D eigenvalue weighted by Crippen LogP contribution is 2.19. The normalized spacial score (nSPS) is 12.1. The standard InChI is InChI=1S/C18H18N2O3S/c1-14-3-6-17(7-4-14)24(21,22)20(23-2)12-10-15-5-8-18-16(13-15)9-11-19-18/h3-13,19H,1-2H3/b12-10+. The summed E-state index contributed by atoms with van der Waals surface area (Å²) in [6.07, 6.45) is 4.96. The minimum Gasteiger partial charge on any atom is -0.361 e. The third-order valence-electron chi connectivity index (χ3n) is 3.70. The maximum atomic E-state index is 12.6. The van der Waals surface area contributed by atoms with E-state index < -0.39 is 10.0 Å². The van der Waals surface area contributed by atoms with Gasteiger partial charge < -0.3 is 4.98 Å². The quantitative estimate of drug-likeness (QED) is 0.719. The van der Waals surface area contributed by atoms with E-state index in [1.807, 2.05) is 37.4 Å². The van der Waals surface area contributed by atoms with E-state index in [-0.39, 0.29) is 4.90 Å². The molecule has 1 aromatic heterocycles. The Labute approximate surface area is 141 Å². The number of hydrogen-bond acceptors (Lipinski definition) is 3. The van der Waals surface area contributed by atoms with Crippen LogP contribution in [-0.4, -0.2) is 25.0 Å². The van der Waals surface area contributed by atoms with Crippen molar-refractivity contribution in [3.63, 3.8) is 0 Å². The summed E-state index contributed by atoms with van der Waals surface area (Å²) in [5, 5.41) is 1.06. The van der Waals surface area contributed by atoms with Gasteiger partial charge in [-0.15, -0.1) is 4.47 Å². The number of sulfonamides is 1. The fraction of sp³-hybridized carbons (Fsp3) is 0.111. The molecule has 6 heteroatoms. The lowest BCUT2D eigenvalue weighted by molar-refractivity contribution is -0.00519. The Bertz CT molecular complexity index is 973. The van der Waals surface area contributed by atoms with E-state index in [4.69, 9.17) is 4.84 Å². The van der Waals surface area contributed by atoms with Gasteiger partial charge in [-0.2, -0.15) is 8.42 Å². The molecule has 124 valence electrons. The molecule has 0 aliphatic carbocycles. The number of nitrogens with one attached hydrogen (secondary N) is 1. The van der Waals surface area contributed by atoms with Gasteiger partial charge in [0.05, 0.1) is 12.0 Å². The highest BCUT2D eigenvalue weighted by atomic mass is 32.2. The van der Waals surface area contributed by atoms with Crippen molar-refractivity contribution in [2.24, 2.45) is 0 Å². The first-order valence-electron chi connectivity index (χ1n) is 7.41. The van der Waals surface area contributed by atoms with Gasteiger partial charge in [0.2, 0.25) is 0 Å². The summed E-state index contributed by atoms with van der Waals surface area (Å²) in [4.78, 5) is 8.35. The number of hydrogen-bond donors (Lipinski definition) is 1. The van der Waals surface area contributed by atoms with Crippen LogP contribution in [0.5, 0.6) is 0 Å². The first kappa shape index (κ1) is 16.3. The number of aryl methyl sites for hydroxylation is 1. The molecule has 3 rings (SSSR count). The topological polar surface area (TPSA) is 62.4 Å². The van der Waals surface area contributed by atoms with Crippen molar-refractivity contribution >= 4 is 27.0 Å². The van der Waals surface area contributed by atoms with E-state index in [1.54, 1.807) is 30.3 Å². The van der Waals surface area contributed by atoms with Crippen LogP contribution in [0.25, 0.3) is 17.0 Å². The van der Waals surface area contributed by atoms with Gasteiger partial charge in [-0.25, -0.2) is 0 Å². The summed E-state index contributed by atoms with van der Waals surface area (Å²) in [5.74, 6) is 0. The molecule has 0 bridgehead atoms. The Morgan fingerprint density at radius 1 is 1.08 bits per heavy atom. The molecule has 1 N–H and O–H groups in total. The number of rotatable bonds is 5. The molecular weight excluding hydrogens is 324 g/mol. The van der Waals surface area contributed by atoms with Crippen molar-refractivity contribution < 1.29 is 13.3 Å². The summed E-state index contributed by atoms with van der Waals surface area (Å²) in [7, 11) is -2.43. The lowest BCUT2D eigenvalue weighted by atomic mass is 10.1. The van der Waals surface area contributed by atoms with Gasteiger partial charge in [-0.05, 0) is 54.3 Å². The van der Waals surface area contributed by atoms with Gasteiger partial charge >= 0.3 is 0 Å². The Kier molecular flexibility index (Phi) is 4.42. The minimum absolute atomic E-state index is 0.181. The predicted octanol–water partition coefficient (Wildman–Crippen LogP) is 3.70. The number of H-pyrrole nitrogens is 1. The van der Waals surface area contributed by atoms with Crippen molar-refractivity contribution in [1.82, 2.24) is 9.45 Å². The van der Waals surface area contributed by atoms with Gasteiger partial charge in [0, 0.05) is 17.9 Å². The van der Waals surface area contributed by atoms with Crippen molar-refractivity contribution in [2.75, 3.05) is 7.11 Å². The van der Waals surface area contributed by atoms with Crippen LogP contribution in [0.1, 0.15) is 11.1 Å². The molecule has 0 saturated carbocycles. The fourth-order valence-electron chi connectivity index (χ4n) is 2.38. The maximum absolute atomic E-state index is 12.6. The fourth-order valence-corrected chi connectivity index (χ4v) is 3.48. The molecule has 5 nitrogen and oxygen atoms in total. The Morgan fingerprint density at radius 2 is 1.83 bits per heavy atom. The van der Waals surface area contributed by atoms with Crippen LogP contribution in [0.4, 0.5) is 0 Å². The zero-order valence-corrected chi connectivity index (χ0v) is 14.2. The minimum atomic E-state index is -3.75. The second-order valence-corrected chi connectivity index (χ2v) is 7.18. The van der Waals surface area contributed by atoms with Crippen molar-refractivity contribution in [1.29, 1.82) is 0 Å². The second-order valence-electron chi connectivity index (χ2n) is 5.40. The predicted molar refractivity (Wildman–Crippen MR) is 94.5 cm³/mol. The molecule has 0 unspecified atom stereocenters. The molecule has 3 aromatic rings. The van der Waals surface area contributed by atoms with Crippen molar-refractivity contribution in [3.8, 4) is 0 Å². The van der Waals surface area contributed by atoms with Crippen LogP contribution in [0, 0.1) is 6.92 Å². The van der Waals surface area contributed by atoms with E-state index in [0.717, 1.165) is 26.5 Å². The van der Waals surface area contributed by atoms with Gasteiger partial charge in [-0.3, -0.25) is 4.84 Å². The largest absolute Gasteiger partial charge is 0.361 e. The molecule has 0 spiro atoms. The highest BCUT2D eigenvalue weighted by molar-refractivity contribution is 7.89. The van der Waals surface area contributed by atoms with Gasteiger partial charge in [0.1, 0.15) is 0 Å². The smallest absolute Gasteiger partial charge is 0.286 e. The zero-order chi connectivity index (χ0) is 17.2. The molecule has 0 aliphatic rings. The molecule has 0 radical (unpaired) electrons. The third kappa shape index (κ3) is 3.20. The summed E-state index contributed by atoms with van der Waals surface area (Å²) in [6.45, 7) is 1.90. The number of nitrogens with zero attached hydrogens (tertiary/aromatic N) is 1. The monoisotopic (exact) mass is 342 g/mol. The summed E-state index contributed by atoms with van der Waals surface area (Å²) in [5.41, 5.74) is 2.90. The second kappa shape index (κ2) is 6.51. The number of hydroxylamine groups is 1. The maximum Gasteiger partial charge on any atom is 0.286 e. The van der Waals surface area contributed by atoms with Gasteiger partial charge in [0.15, 0.2) is 0 Å². The van der Waals surface area contributed by atoms with E-state index in [2.05, 4.69) is 4.98 Å². The van der Waals surface area contributed by atoms with Crippen molar-refractivity contribution in [3.05, 3.63) is 72.1 Å². The van der Waals surface area contributed by atoms with Crippen LogP contribution in [0.3, 0.4) is 0 Å². The Morgan fingerprint density at radius 3 is 2.54 bits per heavy atom. The van der Waals surface area contributed by atoms with E-state index >= 15 is 0 Å². The van der Waals surface area contributed by atoms with E-state index in [0.29, 0.717) is 0 Å². The molecule has 0 aliphatic heterocycles. The average molecular weight is 342 g/mol. The van der Waals surface area contributed by atoms with Gasteiger partial charge in [-0.1, -0.05) is 23.8 Å².